The van der Waals surface area contributed by atoms with Gasteiger partial charge in [0.25, 0.3) is 5.91 Å². The van der Waals surface area contributed by atoms with Gasteiger partial charge in [-0.2, -0.15) is 0 Å². The van der Waals surface area contributed by atoms with Gasteiger partial charge in [-0.05, 0) is 33.3 Å². The fourth-order valence-corrected chi connectivity index (χ4v) is 2.17. The Morgan fingerprint density at radius 2 is 1.90 bits per heavy atom. The van der Waals surface area contributed by atoms with Crippen molar-refractivity contribution in [3.63, 3.8) is 0 Å². The highest BCUT2D eigenvalue weighted by Gasteiger charge is 2.24. The number of hydrogen-bond donors (Lipinski definition) is 1. The lowest BCUT2D eigenvalue weighted by Gasteiger charge is -2.25. The van der Waals surface area contributed by atoms with Crippen molar-refractivity contribution >= 4 is 40.7 Å². The van der Waals surface area contributed by atoms with E-state index < -0.39 is 6.10 Å². The molecule has 1 aromatic rings. The van der Waals surface area contributed by atoms with E-state index in [0.717, 1.165) is 0 Å². The molecule has 6 heteroatoms. The van der Waals surface area contributed by atoms with E-state index in [9.17, 15) is 4.79 Å². The highest BCUT2D eigenvalue weighted by Crippen LogP contribution is 2.35. The van der Waals surface area contributed by atoms with Gasteiger partial charge in [0.2, 0.25) is 0 Å². The molecule has 0 spiro atoms. The first-order valence-corrected chi connectivity index (χ1v) is 7.40. The Morgan fingerprint density at radius 3 is 2.40 bits per heavy atom. The van der Waals surface area contributed by atoms with Crippen LogP contribution in [0.5, 0.6) is 5.75 Å². The van der Waals surface area contributed by atoms with Crippen LogP contribution in [0.3, 0.4) is 0 Å². The molecule has 1 atom stereocenters. The van der Waals surface area contributed by atoms with Crippen molar-refractivity contribution in [2.75, 3.05) is 0 Å². The Morgan fingerprint density at radius 1 is 1.30 bits per heavy atom. The fraction of sp³-hybridized carbons (Fsp3) is 0.500. The number of hydrogen-bond acceptors (Lipinski definition) is 2. The summed E-state index contributed by atoms with van der Waals surface area (Å²) < 4.78 is 5.65. The Kier molecular flexibility index (Phi) is 5.99. The van der Waals surface area contributed by atoms with Gasteiger partial charge in [-0.25, -0.2) is 0 Å². The smallest absolute Gasteiger partial charge is 0.261 e. The molecule has 1 aromatic carbocycles. The van der Waals surface area contributed by atoms with Crippen molar-refractivity contribution in [3.8, 4) is 5.75 Å². The Labute approximate surface area is 134 Å². The van der Waals surface area contributed by atoms with Crippen LogP contribution in [0.2, 0.25) is 15.1 Å². The summed E-state index contributed by atoms with van der Waals surface area (Å²) in [5.74, 6) is 0.104. The lowest BCUT2D eigenvalue weighted by Crippen LogP contribution is -2.47. The minimum absolute atomic E-state index is 0.202. The molecule has 0 saturated heterocycles. The van der Waals surface area contributed by atoms with Crippen molar-refractivity contribution < 1.29 is 9.53 Å². The van der Waals surface area contributed by atoms with Gasteiger partial charge in [0.15, 0.2) is 6.10 Å². The maximum atomic E-state index is 12.1. The number of amides is 1. The minimum atomic E-state index is -0.652. The second kappa shape index (κ2) is 6.88. The molecule has 1 unspecified atom stereocenters. The van der Waals surface area contributed by atoms with E-state index >= 15 is 0 Å². The van der Waals surface area contributed by atoms with Crippen LogP contribution in [0.15, 0.2) is 12.1 Å². The fourth-order valence-electron chi connectivity index (χ4n) is 1.54. The molecule has 0 aromatic heterocycles. The lowest BCUT2D eigenvalue weighted by atomic mass is 10.1. The third kappa shape index (κ3) is 5.04. The number of halogens is 3. The van der Waals surface area contributed by atoms with E-state index in [1.54, 1.807) is 6.07 Å². The molecule has 0 radical (unpaired) electrons. The van der Waals surface area contributed by atoms with Crippen LogP contribution in [-0.2, 0) is 4.79 Å². The number of benzene rings is 1. The first kappa shape index (κ1) is 17.4. The molecule has 0 heterocycles. The Balaban J connectivity index is 2.92. The van der Waals surface area contributed by atoms with E-state index in [0.29, 0.717) is 22.2 Å². The van der Waals surface area contributed by atoms with Crippen LogP contribution in [0.1, 0.15) is 34.1 Å². The van der Waals surface area contributed by atoms with E-state index in [1.165, 1.54) is 6.07 Å². The van der Waals surface area contributed by atoms with Crippen molar-refractivity contribution in [3.05, 3.63) is 27.2 Å². The molecule has 0 fully saturated rings. The van der Waals surface area contributed by atoms with Crippen molar-refractivity contribution in [2.45, 2.75) is 45.8 Å². The second-order valence-corrected chi connectivity index (χ2v) is 6.68. The molecule has 1 rings (SSSR count). The van der Waals surface area contributed by atoms with Gasteiger partial charge in [-0.3, -0.25) is 4.79 Å². The van der Waals surface area contributed by atoms with Crippen LogP contribution in [0, 0.1) is 0 Å². The van der Waals surface area contributed by atoms with Gasteiger partial charge in [0.1, 0.15) is 10.8 Å². The van der Waals surface area contributed by atoms with Gasteiger partial charge in [-0.15, -0.1) is 0 Å². The van der Waals surface area contributed by atoms with E-state index in [4.69, 9.17) is 39.5 Å². The second-order valence-electron chi connectivity index (χ2n) is 5.45. The van der Waals surface area contributed by atoms with Gasteiger partial charge >= 0.3 is 0 Å². The maximum Gasteiger partial charge on any atom is 0.261 e. The topological polar surface area (TPSA) is 38.3 Å². The Bertz CT molecular complexity index is 498. The van der Waals surface area contributed by atoms with Crippen molar-refractivity contribution in [1.29, 1.82) is 0 Å². The number of carbonyl (C=O) groups is 1. The molecule has 3 nitrogen and oxygen atoms in total. The zero-order valence-corrected chi connectivity index (χ0v) is 14.2. The SMILES string of the molecule is CCC(Oc1cc(Cl)cc(Cl)c1Cl)C(=O)NC(C)(C)C. The first-order chi connectivity index (χ1) is 9.14. The summed E-state index contributed by atoms with van der Waals surface area (Å²) in [6.45, 7) is 7.57. The zero-order valence-electron chi connectivity index (χ0n) is 11.9. The molecule has 112 valence electrons. The third-order valence-corrected chi connectivity index (χ3v) is 3.39. The Hall–Kier alpha value is -0.640. The molecular weight excluding hydrogens is 321 g/mol. The normalized spacial score (nSPS) is 12.9. The van der Waals surface area contributed by atoms with Crippen LogP contribution >= 0.6 is 34.8 Å². The van der Waals surface area contributed by atoms with Gasteiger partial charge in [0.05, 0.1) is 5.02 Å². The van der Waals surface area contributed by atoms with Crippen molar-refractivity contribution in [2.24, 2.45) is 0 Å². The number of carbonyl (C=O) groups excluding carboxylic acids is 1. The highest BCUT2D eigenvalue weighted by atomic mass is 35.5. The molecule has 1 amide bonds. The summed E-state index contributed by atoms with van der Waals surface area (Å²) in [5, 5.41) is 3.81. The van der Waals surface area contributed by atoms with Crippen molar-refractivity contribution in [1.82, 2.24) is 5.32 Å². The average Bonchev–Trinajstić information content (AvgIpc) is 2.29. The van der Waals surface area contributed by atoms with E-state index in [2.05, 4.69) is 5.32 Å². The average molecular weight is 339 g/mol. The predicted molar refractivity (Wildman–Crippen MR) is 84.1 cm³/mol. The van der Waals surface area contributed by atoms with Gasteiger partial charge < -0.3 is 10.1 Å². The summed E-state index contributed by atoms with van der Waals surface area (Å²) >= 11 is 17.9. The molecular formula is C14H18Cl3NO2. The van der Waals surface area contributed by atoms with Gasteiger partial charge in [-0.1, -0.05) is 41.7 Å². The number of ether oxygens (including phenoxy) is 1. The lowest BCUT2D eigenvalue weighted by molar-refractivity contribution is -0.129. The molecule has 0 saturated carbocycles. The van der Waals surface area contributed by atoms with Crippen LogP contribution < -0.4 is 10.1 Å². The van der Waals surface area contributed by atoms with Crippen LogP contribution in [0.4, 0.5) is 0 Å². The molecule has 0 aliphatic carbocycles. The molecule has 0 aliphatic heterocycles. The molecule has 1 N–H and O–H groups in total. The quantitative estimate of drug-likeness (QED) is 0.807. The highest BCUT2D eigenvalue weighted by molar-refractivity contribution is 6.44. The number of nitrogens with one attached hydrogen (secondary N) is 1. The van der Waals surface area contributed by atoms with E-state index in [-0.39, 0.29) is 16.5 Å². The molecule has 0 aliphatic rings. The third-order valence-electron chi connectivity index (χ3n) is 2.39. The molecule has 0 bridgehead atoms. The number of rotatable bonds is 4. The summed E-state index contributed by atoms with van der Waals surface area (Å²) in [4.78, 5) is 12.1. The largest absolute Gasteiger partial charge is 0.479 e. The zero-order chi connectivity index (χ0) is 15.5. The maximum absolute atomic E-state index is 12.1. The van der Waals surface area contributed by atoms with E-state index in [1.807, 2.05) is 27.7 Å². The van der Waals surface area contributed by atoms with Gasteiger partial charge in [0, 0.05) is 16.6 Å². The minimum Gasteiger partial charge on any atom is -0.479 e. The summed E-state index contributed by atoms with van der Waals surface area (Å²) in [6.07, 6.45) is -0.149. The first-order valence-electron chi connectivity index (χ1n) is 6.27. The summed E-state index contributed by atoms with van der Waals surface area (Å²) in [6, 6.07) is 3.07. The summed E-state index contributed by atoms with van der Waals surface area (Å²) in [7, 11) is 0. The monoisotopic (exact) mass is 337 g/mol. The molecule has 20 heavy (non-hydrogen) atoms. The predicted octanol–water partition coefficient (Wildman–Crippen LogP) is 4.72. The standard InChI is InChI=1S/C14H18Cl3NO2/c1-5-10(13(19)18-14(2,3)4)20-11-7-8(15)6-9(16)12(11)17/h6-7,10H,5H2,1-4H3,(H,18,19). The summed E-state index contributed by atoms with van der Waals surface area (Å²) in [5.41, 5.74) is -0.330. The van der Waals surface area contributed by atoms with Crippen LogP contribution in [0.25, 0.3) is 0 Å². The van der Waals surface area contributed by atoms with Crippen LogP contribution in [-0.4, -0.2) is 17.6 Å².